The van der Waals surface area contributed by atoms with Crippen LogP contribution in [-0.2, 0) is 0 Å². The second-order valence-corrected chi connectivity index (χ2v) is 2.84. The standard InChI is InChI=1S/C11H9NO2/c1-2-12-9-5-3-4-8-6-7-10(13)14-11(8)9/h2-7H,1H3. The number of nitrogens with zero attached hydrogens (tertiary/aromatic N) is 1. The normalized spacial score (nSPS) is 11.2. The van der Waals surface area contributed by atoms with Crippen molar-refractivity contribution in [2.45, 2.75) is 6.92 Å². The lowest BCUT2D eigenvalue weighted by Gasteiger charge is -1.98. The number of rotatable bonds is 1. The van der Waals surface area contributed by atoms with E-state index >= 15 is 0 Å². The Balaban J connectivity index is 2.83. The molecule has 3 nitrogen and oxygen atoms in total. The molecule has 70 valence electrons. The molecule has 1 aromatic carbocycles. The highest BCUT2D eigenvalue weighted by Crippen LogP contribution is 2.23. The maximum Gasteiger partial charge on any atom is 0.336 e. The molecule has 0 bridgehead atoms. The quantitative estimate of drug-likeness (QED) is 0.508. The molecule has 1 heterocycles. The van der Waals surface area contributed by atoms with E-state index in [1.54, 1.807) is 12.3 Å². The molecule has 0 atom stereocenters. The van der Waals surface area contributed by atoms with Gasteiger partial charge in [-0.15, -0.1) is 0 Å². The first-order chi connectivity index (χ1) is 6.81. The van der Waals surface area contributed by atoms with Crippen LogP contribution in [0.1, 0.15) is 6.92 Å². The Morgan fingerprint density at radius 2 is 2.14 bits per heavy atom. The summed E-state index contributed by atoms with van der Waals surface area (Å²) in [7, 11) is 0. The molecule has 1 aromatic heterocycles. The van der Waals surface area contributed by atoms with Crippen molar-refractivity contribution in [3.05, 3.63) is 40.8 Å². The van der Waals surface area contributed by atoms with E-state index < -0.39 is 0 Å². The number of para-hydroxylation sites is 1. The number of aliphatic imine (C=N–C) groups is 1. The minimum Gasteiger partial charge on any atom is -0.420 e. The van der Waals surface area contributed by atoms with E-state index in [1.165, 1.54) is 6.07 Å². The fourth-order valence-electron chi connectivity index (χ4n) is 1.32. The van der Waals surface area contributed by atoms with Gasteiger partial charge in [0.1, 0.15) is 5.69 Å². The summed E-state index contributed by atoms with van der Waals surface area (Å²) in [6.07, 6.45) is 1.67. The van der Waals surface area contributed by atoms with Gasteiger partial charge in [0.05, 0.1) is 0 Å². The lowest BCUT2D eigenvalue weighted by Crippen LogP contribution is -1.94. The number of hydrogen-bond donors (Lipinski definition) is 0. The molecule has 0 aliphatic heterocycles. The summed E-state index contributed by atoms with van der Waals surface area (Å²) in [5.41, 5.74) is 0.872. The number of hydrogen-bond acceptors (Lipinski definition) is 3. The van der Waals surface area contributed by atoms with Gasteiger partial charge in [0.2, 0.25) is 0 Å². The van der Waals surface area contributed by atoms with Crippen molar-refractivity contribution in [3.63, 3.8) is 0 Å². The van der Waals surface area contributed by atoms with E-state index in [1.807, 2.05) is 25.1 Å². The molecular formula is C11H9NO2. The van der Waals surface area contributed by atoms with Crippen molar-refractivity contribution in [1.82, 2.24) is 0 Å². The Bertz CT molecular complexity index is 540. The second kappa shape index (κ2) is 3.46. The largest absolute Gasteiger partial charge is 0.420 e. The topological polar surface area (TPSA) is 42.6 Å². The van der Waals surface area contributed by atoms with Gasteiger partial charge >= 0.3 is 5.63 Å². The summed E-state index contributed by atoms with van der Waals surface area (Å²) < 4.78 is 5.08. The van der Waals surface area contributed by atoms with Gasteiger partial charge in [0, 0.05) is 17.7 Å². The van der Waals surface area contributed by atoms with Crippen LogP contribution in [0.2, 0.25) is 0 Å². The number of benzene rings is 1. The monoisotopic (exact) mass is 187 g/mol. The number of fused-ring (bicyclic) bond motifs is 1. The molecule has 0 saturated heterocycles. The summed E-state index contributed by atoms with van der Waals surface area (Å²) in [5.74, 6) is 0. The molecule has 0 unspecified atom stereocenters. The first-order valence-electron chi connectivity index (χ1n) is 4.33. The van der Waals surface area contributed by atoms with Crippen LogP contribution in [0.25, 0.3) is 11.0 Å². The summed E-state index contributed by atoms with van der Waals surface area (Å²) in [6.45, 7) is 1.82. The van der Waals surface area contributed by atoms with Crippen molar-refractivity contribution < 1.29 is 4.42 Å². The molecule has 2 aromatic rings. The van der Waals surface area contributed by atoms with Gasteiger partial charge in [-0.3, -0.25) is 4.99 Å². The van der Waals surface area contributed by atoms with Crippen LogP contribution in [0.5, 0.6) is 0 Å². The van der Waals surface area contributed by atoms with Crippen molar-refractivity contribution in [3.8, 4) is 0 Å². The smallest absolute Gasteiger partial charge is 0.336 e. The van der Waals surface area contributed by atoms with Gasteiger partial charge in [-0.2, -0.15) is 0 Å². The third kappa shape index (κ3) is 1.44. The first-order valence-corrected chi connectivity index (χ1v) is 4.33. The molecule has 0 spiro atoms. The maximum absolute atomic E-state index is 11.0. The molecule has 2 rings (SSSR count). The zero-order chi connectivity index (χ0) is 9.97. The van der Waals surface area contributed by atoms with Crippen LogP contribution in [0, 0.1) is 0 Å². The van der Waals surface area contributed by atoms with Gasteiger partial charge in [0.15, 0.2) is 5.58 Å². The van der Waals surface area contributed by atoms with E-state index in [0.717, 1.165) is 5.39 Å². The Kier molecular flexibility index (Phi) is 2.14. The average Bonchev–Trinajstić information content (AvgIpc) is 2.19. The predicted molar refractivity (Wildman–Crippen MR) is 56.3 cm³/mol. The molecule has 0 saturated carbocycles. The SMILES string of the molecule is CC=Nc1cccc2ccc(=O)oc12. The van der Waals surface area contributed by atoms with Crippen molar-refractivity contribution in [2.24, 2.45) is 4.99 Å². The summed E-state index contributed by atoms with van der Waals surface area (Å²) >= 11 is 0. The summed E-state index contributed by atoms with van der Waals surface area (Å²) in [5, 5.41) is 0.882. The van der Waals surface area contributed by atoms with Gasteiger partial charge < -0.3 is 4.42 Å². The van der Waals surface area contributed by atoms with Crippen LogP contribution in [0.3, 0.4) is 0 Å². The van der Waals surface area contributed by atoms with Gasteiger partial charge in [-0.1, -0.05) is 12.1 Å². The van der Waals surface area contributed by atoms with E-state index in [9.17, 15) is 4.79 Å². The van der Waals surface area contributed by atoms with E-state index in [4.69, 9.17) is 4.42 Å². The van der Waals surface area contributed by atoms with Crippen LogP contribution in [-0.4, -0.2) is 6.21 Å². The lowest BCUT2D eigenvalue weighted by molar-refractivity contribution is 0.561. The molecule has 14 heavy (non-hydrogen) atoms. The Labute approximate surface area is 80.7 Å². The van der Waals surface area contributed by atoms with Gasteiger partial charge in [-0.25, -0.2) is 4.79 Å². The van der Waals surface area contributed by atoms with Crippen LogP contribution >= 0.6 is 0 Å². The molecular weight excluding hydrogens is 178 g/mol. The molecule has 0 N–H and O–H groups in total. The fraction of sp³-hybridized carbons (Fsp3) is 0.0909. The molecule has 0 amide bonds. The lowest BCUT2D eigenvalue weighted by atomic mass is 10.2. The molecule has 3 heteroatoms. The third-order valence-corrected chi connectivity index (χ3v) is 1.89. The maximum atomic E-state index is 11.0. The highest BCUT2D eigenvalue weighted by Gasteiger charge is 2.01. The Hall–Kier alpha value is -1.90. The first kappa shape index (κ1) is 8.69. The minimum absolute atomic E-state index is 0.351. The zero-order valence-electron chi connectivity index (χ0n) is 7.73. The Morgan fingerprint density at radius 1 is 1.29 bits per heavy atom. The van der Waals surface area contributed by atoms with Gasteiger partial charge in [-0.05, 0) is 19.1 Å². The predicted octanol–water partition coefficient (Wildman–Crippen LogP) is 2.52. The van der Waals surface area contributed by atoms with E-state index in [-0.39, 0.29) is 5.63 Å². The third-order valence-electron chi connectivity index (χ3n) is 1.89. The van der Waals surface area contributed by atoms with Crippen LogP contribution in [0.15, 0.2) is 44.5 Å². The van der Waals surface area contributed by atoms with E-state index in [2.05, 4.69) is 4.99 Å². The summed E-state index contributed by atoms with van der Waals surface area (Å²) in [6, 6.07) is 8.71. The van der Waals surface area contributed by atoms with Crippen LogP contribution in [0.4, 0.5) is 5.69 Å². The fourth-order valence-corrected chi connectivity index (χ4v) is 1.32. The van der Waals surface area contributed by atoms with E-state index in [0.29, 0.717) is 11.3 Å². The van der Waals surface area contributed by atoms with Crippen LogP contribution < -0.4 is 5.63 Å². The van der Waals surface area contributed by atoms with Crippen molar-refractivity contribution in [2.75, 3.05) is 0 Å². The molecule has 0 aliphatic carbocycles. The average molecular weight is 187 g/mol. The van der Waals surface area contributed by atoms with Crippen molar-refractivity contribution >= 4 is 22.9 Å². The van der Waals surface area contributed by atoms with Crippen molar-refractivity contribution in [1.29, 1.82) is 0 Å². The van der Waals surface area contributed by atoms with Gasteiger partial charge in [0.25, 0.3) is 0 Å². The highest BCUT2D eigenvalue weighted by molar-refractivity contribution is 5.88. The summed E-state index contributed by atoms with van der Waals surface area (Å²) in [4.78, 5) is 15.1. The molecule has 0 radical (unpaired) electrons. The zero-order valence-corrected chi connectivity index (χ0v) is 7.73. The molecule has 0 aliphatic rings. The highest BCUT2D eigenvalue weighted by atomic mass is 16.4. The minimum atomic E-state index is -0.351. The Morgan fingerprint density at radius 3 is 2.93 bits per heavy atom. The molecule has 0 fully saturated rings. The second-order valence-electron chi connectivity index (χ2n) is 2.84.